The van der Waals surface area contributed by atoms with Crippen LogP contribution in [0.1, 0.15) is 23.6 Å². The number of esters is 1. The van der Waals surface area contributed by atoms with Crippen LogP contribution in [0.2, 0.25) is 5.02 Å². The van der Waals surface area contributed by atoms with Crippen LogP contribution >= 0.6 is 11.6 Å². The summed E-state index contributed by atoms with van der Waals surface area (Å²) in [6, 6.07) is 14.7. The number of carbonyl (C=O) groups is 1. The molecule has 0 amide bonds. The summed E-state index contributed by atoms with van der Waals surface area (Å²) in [6.07, 6.45) is 1.35. The predicted octanol–water partition coefficient (Wildman–Crippen LogP) is 4.44. The van der Waals surface area contributed by atoms with E-state index < -0.39 is 5.97 Å². The Bertz CT molecular complexity index is 830. The van der Waals surface area contributed by atoms with Crippen molar-refractivity contribution in [3.05, 3.63) is 76.5 Å². The first kappa shape index (κ1) is 19.5. The molecule has 0 saturated carbocycles. The average Bonchev–Trinajstić information content (AvgIpc) is 2.66. The van der Waals surface area contributed by atoms with E-state index in [-0.39, 0.29) is 6.61 Å². The van der Waals surface area contributed by atoms with Crippen LogP contribution in [0.4, 0.5) is 0 Å². The van der Waals surface area contributed by atoms with Gasteiger partial charge in [0, 0.05) is 16.1 Å². The predicted molar refractivity (Wildman–Crippen MR) is 102 cm³/mol. The van der Waals surface area contributed by atoms with Crippen LogP contribution in [0.15, 0.2) is 59.9 Å². The van der Waals surface area contributed by atoms with Crippen molar-refractivity contribution in [2.45, 2.75) is 13.5 Å². The van der Waals surface area contributed by atoms with Crippen LogP contribution < -0.4 is 0 Å². The molecule has 0 unspecified atom stereocenters. The Morgan fingerprint density at radius 3 is 2.62 bits per heavy atom. The summed E-state index contributed by atoms with van der Waals surface area (Å²) in [5, 5.41) is 4.77. The van der Waals surface area contributed by atoms with Crippen LogP contribution in [0, 0.1) is 0 Å². The molecule has 136 valence electrons. The van der Waals surface area contributed by atoms with Crippen LogP contribution in [0.5, 0.6) is 0 Å². The number of ether oxygens (including phenoxy) is 2. The number of hydrogen-bond acceptors (Lipinski definition) is 5. The number of methoxy groups -OCH3 is 2. The lowest BCUT2D eigenvalue weighted by Crippen LogP contribution is -2.07. The van der Waals surface area contributed by atoms with Gasteiger partial charge < -0.3 is 14.3 Å². The number of halogens is 1. The van der Waals surface area contributed by atoms with E-state index in [2.05, 4.69) is 5.16 Å². The Morgan fingerprint density at radius 2 is 1.92 bits per heavy atom. The molecule has 5 nitrogen and oxygen atoms in total. The maximum Gasteiger partial charge on any atom is 0.341 e. The van der Waals surface area contributed by atoms with E-state index in [1.807, 2.05) is 43.3 Å². The third-order valence-electron chi connectivity index (χ3n) is 3.61. The van der Waals surface area contributed by atoms with Gasteiger partial charge in [0.1, 0.15) is 12.2 Å². The zero-order chi connectivity index (χ0) is 18.9. The highest BCUT2D eigenvalue weighted by Crippen LogP contribution is 2.22. The lowest BCUT2D eigenvalue weighted by molar-refractivity contribution is -0.133. The molecule has 0 heterocycles. The summed E-state index contributed by atoms with van der Waals surface area (Å²) in [5.74, 6) is -0.488. The van der Waals surface area contributed by atoms with Crippen molar-refractivity contribution >= 4 is 28.9 Å². The van der Waals surface area contributed by atoms with Crippen LogP contribution in [0.25, 0.3) is 5.57 Å². The maximum atomic E-state index is 12.0. The Labute approximate surface area is 157 Å². The van der Waals surface area contributed by atoms with Gasteiger partial charge in [-0.2, -0.15) is 0 Å². The zero-order valence-electron chi connectivity index (χ0n) is 14.9. The van der Waals surface area contributed by atoms with Gasteiger partial charge in [-0.1, -0.05) is 53.2 Å². The number of nitrogens with zero attached hydrogens (tertiary/aromatic N) is 1. The Balaban J connectivity index is 2.19. The highest BCUT2D eigenvalue weighted by atomic mass is 35.5. The summed E-state index contributed by atoms with van der Waals surface area (Å²) in [4.78, 5) is 17.5. The molecule has 0 saturated heterocycles. The number of benzene rings is 2. The molecule has 0 radical (unpaired) electrons. The second-order valence-electron chi connectivity index (χ2n) is 5.38. The van der Waals surface area contributed by atoms with Crippen molar-refractivity contribution in [2.24, 2.45) is 5.16 Å². The summed E-state index contributed by atoms with van der Waals surface area (Å²) in [7, 11) is 2.80. The average molecular weight is 374 g/mol. The summed E-state index contributed by atoms with van der Waals surface area (Å²) in [6.45, 7) is 2.02. The fourth-order valence-electron chi connectivity index (χ4n) is 2.32. The number of carbonyl (C=O) groups excluding carboxylic acids is 1. The van der Waals surface area contributed by atoms with Gasteiger partial charge in [-0.05, 0) is 24.6 Å². The van der Waals surface area contributed by atoms with E-state index in [0.717, 1.165) is 11.1 Å². The standard InChI is InChI=1S/C20H20ClNO4/c1-14(15-8-6-9-17(21)11-15)22-26-12-16-7-4-5-10-18(16)19(13-24-2)20(23)25-3/h4-11,13H,12H2,1-3H3/b19-13+,22-14+. The van der Waals surface area contributed by atoms with Crippen LogP contribution in [-0.4, -0.2) is 25.9 Å². The fourth-order valence-corrected chi connectivity index (χ4v) is 2.51. The van der Waals surface area contributed by atoms with Crippen molar-refractivity contribution in [1.29, 1.82) is 0 Å². The molecule has 0 fully saturated rings. The molecule has 0 bridgehead atoms. The van der Waals surface area contributed by atoms with Gasteiger partial charge >= 0.3 is 5.97 Å². The van der Waals surface area contributed by atoms with E-state index in [9.17, 15) is 4.79 Å². The van der Waals surface area contributed by atoms with Crippen molar-refractivity contribution in [3.8, 4) is 0 Å². The highest BCUT2D eigenvalue weighted by Gasteiger charge is 2.16. The largest absolute Gasteiger partial charge is 0.503 e. The molecule has 0 atom stereocenters. The van der Waals surface area contributed by atoms with Gasteiger partial charge in [0.25, 0.3) is 0 Å². The smallest absolute Gasteiger partial charge is 0.341 e. The number of oxime groups is 1. The van der Waals surface area contributed by atoms with Crippen molar-refractivity contribution in [2.75, 3.05) is 14.2 Å². The monoisotopic (exact) mass is 373 g/mol. The molecule has 2 aromatic rings. The first-order valence-corrected chi connectivity index (χ1v) is 8.26. The molecule has 0 spiro atoms. The lowest BCUT2D eigenvalue weighted by Gasteiger charge is -2.11. The van der Waals surface area contributed by atoms with Crippen molar-refractivity contribution in [1.82, 2.24) is 0 Å². The van der Waals surface area contributed by atoms with E-state index in [1.165, 1.54) is 20.5 Å². The second kappa shape index (κ2) is 9.63. The van der Waals surface area contributed by atoms with Gasteiger partial charge in [0.2, 0.25) is 0 Å². The van der Waals surface area contributed by atoms with E-state index in [0.29, 0.717) is 21.9 Å². The molecule has 0 aliphatic carbocycles. The highest BCUT2D eigenvalue weighted by molar-refractivity contribution is 6.31. The molecule has 0 aromatic heterocycles. The molecule has 26 heavy (non-hydrogen) atoms. The lowest BCUT2D eigenvalue weighted by atomic mass is 10.0. The minimum Gasteiger partial charge on any atom is -0.503 e. The first-order chi connectivity index (χ1) is 12.6. The molecule has 0 aliphatic rings. The SMILES string of the molecule is CO/C=C(/C(=O)OC)c1ccccc1CO/N=C(\C)c1cccc(Cl)c1. The molecule has 6 heteroatoms. The van der Waals surface area contributed by atoms with Gasteiger partial charge in [0.15, 0.2) is 0 Å². The Morgan fingerprint density at radius 1 is 1.15 bits per heavy atom. The van der Waals surface area contributed by atoms with E-state index in [4.69, 9.17) is 25.9 Å². The normalized spacial score (nSPS) is 11.8. The second-order valence-corrected chi connectivity index (χ2v) is 5.81. The van der Waals surface area contributed by atoms with E-state index >= 15 is 0 Å². The van der Waals surface area contributed by atoms with Gasteiger partial charge in [-0.3, -0.25) is 0 Å². The van der Waals surface area contributed by atoms with Crippen molar-refractivity contribution in [3.63, 3.8) is 0 Å². The Kier molecular flexibility index (Phi) is 7.24. The summed E-state index contributed by atoms with van der Waals surface area (Å²) < 4.78 is 9.82. The van der Waals surface area contributed by atoms with Gasteiger partial charge in [-0.15, -0.1) is 0 Å². The zero-order valence-corrected chi connectivity index (χ0v) is 15.6. The third-order valence-corrected chi connectivity index (χ3v) is 3.85. The molecule has 2 aromatic carbocycles. The molecule has 2 rings (SSSR count). The molecule has 0 aliphatic heterocycles. The quantitative estimate of drug-likeness (QED) is 0.237. The number of hydrogen-bond donors (Lipinski definition) is 0. The molecular formula is C20H20ClNO4. The van der Waals surface area contributed by atoms with Gasteiger partial charge in [-0.25, -0.2) is 4.79 Å². The first-order valence-electron chi connectivity index (χ1n) is 7.89. The Hall–Kier alpha value is -2.79. The third kappa shape index (κ3) is 5.10. The van der Waals surface area contributed by atoms with Crippen LogP contribution in [0.3, 0.4) is 0 Å². The molecule has 0 N–H and O–H groups in total. The minimum absolute atomic E-state index is 0.187. The van der Waals surface area contributed by atoms with Crippen molar-refractivity contribution < 1.29 is 19.1 Å². The van der Waals surface area contributed by atoms with Gasteiger partial charge in [0.05, 0.1) is 26.2 Å². The summed E-state index contributed by atoms with van der Waals surface area (Å²) >= 11 is 5.99. The number of rotatable bonds is 7. The van der Waals surface area contributed by atoms with Crippen LogP contribution in [-0.2, 0) is 25.7 Å². The maximum absolute atomic E-state index is 12.0. The minimum atomic E-state index is -0.488. The molecular weight excluding hydrogens is 354 g/mol. The fraction of sp³-hybridized carbons (Fsp3) is 0.200. The van der Waals surface area contributed by atoms with E-state index in [1.54, 1.807) is 12.1 Å². The summed E-state index contributed by atoms with van der Waals surface area (Å²) in [5.41, 5.74) is 3.33. The topological polar surface area (TPSA) is 57.1 Å².